The molecule has 1 radical (unpaired) electrons. The summed E-state index contributed by atoms with van der Waals surface area (Å²) in [7, 11) is 0. The molecule has 7 aromatic carbocycles. The Morgan fingerprint density at radius 1 is 0.567 bits per heavy atom. The van der Waals surface area contributed by atoms with E-state index in [2.05, 4.69) is 165 Å². The monoisotopic (exact) mass is 958 g/mol. The maximum atomic E-state index is 5.31. The molecule has 0 N–H and O–H groups in total. The molecule has 0 unspecified atom stereocenters. The van der Waals surface area contributed by atoms with Crippen LogP contribution in [0.3, 0.4) is 0 Å². The van der Waals surface area contributed by atoms with E-state index in [1.54, 1.807) is 6.20 Å². The summed E-state index contributed by atoms with van der Waals surface area (Å²) in [6.45, 7) is 9.41. The molecule has 0 amide bonds. The number of nitrogens with zero attached hydrogens (tertiary/aromatic N) is 3. The second kappa shape index (κ2) is 18.3. The standard InChI is InChI=1S/C45H43N2.C11H8N.Ir/c1-29(2)40-27-37(33-20-18-32(19-21-33)31-12-6-5-7-13-31)28-41(30(3)4)44(40)47-43-17-11-10-16-42(43)46-45(47)36-24-25-39-35(26-36)23-22-34-14-8-9-15-38(34)39;1-2-6-10(7-3-1)11-8-4-5-9-12-11;/h5-17,22-23,25-30,32-33H,18-21H2,1-4H3;1-6,8-9H;/q2*-1;. The molecule has 0 saturated heterocycles. The fraction of sp³-hybridized carbons (Fsp3) is 0.214. The van der Waals surface area contributed by atoms with E-state index in [4.69, 9.17) is 4.98 Å². The van der Waals surface area contributed by atoms with Crippen LogP contribution in [0.2, 0.25) is 0 Å². The number of pyridine rings is 1. The van der Waals surface area contributed by atoms with Crippen LogP contribution < -0.4 is 0 Å². The summed E-state index contributed by atoms with van der Waals surface area (Å²) in [5, 5.41) is 4.96. The predicted octanol–water partition coefficient (Wildman–Crippen LogP) is 15.0. The van der Waals surface area contributed by atoms with Crippen LogP contribution in [0.15, 0.2) is 164 Å². The van der Waals surface area contributed by atoms with Gasteiger partial charge in [-0.2, -0.15) is 0 Å². The van der Waals surface area contributed by atoms with E-state index in [0.717, 1.165) is 33.7 Å². The molecule has 0 atom stereocenters. The first-order valence-corrected chi connectivity index (χ1v) is 21.3. The third-order valence-electron chi connectivity index (χ3n) is 12.3. The summed E-state index contributed by atoms with van der Waals surface area (Å²) >= 11 is 0. The molecule has 0 aliphatic heterocycles. The van der Waals surface area contributed by atoms with Crippen LogP contribution in [0.1, 0.15) is 99.3 Å². The van der Waals surface area contributed by atoms with Crippen LogP contribution >= 0.6 is 0 Å². The number of fused-ring (bicyclic) bond motifs is 4. The molecule has 2 heterocycles. The van der Waals surface area contributed by atoms with E-state index >= 15 is 0 Å². The van der Waals surface area contributed by atoms with Crippen LogP contribution in [0.4, 0.5) is 0 Å². The first-order chi connectivity index (χ1) is 28.9. The van der Waals surface area contributed by atoms with Gasteiger partial charge in [0.25, 0.3) is 0 Å². The third kappa shape index (κ3) is 8.37. The van der Waals surface area contributed by atoms with Crippen LogP contribution in [-0.2, 0) is 20.1 Å². The number of hydrogen-bond acceptors (Lipinski definition) is 2. The van der Waals surface area contributed by atoms with Crippen molar-refractivity contribution in [1.29, 1.82) is 0 Å². The fourth-order valence-corrected chi connectivity index (χ4v) is 9.15. The zero-order chi connectivity index (χ0) is 40.3. The molecule has 1 fully saturated rings. The Morgan fingerprint density at radius 2 is 1.22 bits per heavy atom. The number of aromatic nitrogens is 3. The van der Waals surface area contributed by atoms with Crippen molar-refractivity contribution in [2.24, 2.45) is 0 Å². The second-order valence-electron chi connectivity index (χ2n) is 16.7. The minimum atomic E-state index is 0. The van der Waals surface area contributed by atoms with Gasteiger partial charge in [0.2, 0.25) is 0 Å². The van der Waals surface area contributed by atoms with Crippen LogP contribution in [0.25, 0.3) is 60.9 Å². The van der Waals surface area contributed by atoms with Crippen LogP contribution in [0.5, 0.6) is 0 Å². The maximum Gasteiger partial charge on any atom is 0.0774 e. The zero-order valence-corrected chi connectivity index (χ0v) is 37.3. The number of imidazole rings is 1. The average Bonchev–Trinajstić information content (AvgIpc) is 3.69. The molecule has 3 nitrogen and oxygen atoms in total. The van der Waals surface area contributed by atoms with Crippen molar-refractivity contribution >= 4 is 32.6 Å². The Bertz CT molecular complexity index is 2770. The summed E-state index contributed by atoms with van der Waals surface area (Å²) in [5.41, 5.74) is 12.3. The van der Waals surface area contributed by atoms with Gasteiger partial charge in [-0.25, -0.2) is 0 Å². The minimum absolute atomic E-state index is 0. The van der Waals surface area contributed by atoms with E-state index in [0.29, 0.717) is 23.7 Å². The van der Waals surface area contributed by atoms with E-state index in [-0.39, 0.29) is 20.1 Å². The molecule has 1 aliphatic rings. The Morgan fingerprint density at radius 3 is 1.92 bits per heavy atom. The van der Waals surface area contributed by atoms with Gasteiger partial charge >= 0.3 is 0 Å². The van der Waals surface area contributed by atoms with Crippen molar-refractivity contribution in [2.45, 2.75) is 77.0 Å². The van der Waals surface area contributed by atoms with Gasteiger partial charge < -0.3 is 9.55 Å². The number of hydrogen-bond donors (Lipinski definition) is 0. The predicted molar refractivity (Wildman–Crippen MR) is 247 cm³/mol. The smallest absolute Gasteiger partial charge is 0.0774 e. The van der Waals surface area contributed by atoms with E-state index in [9.17, 15) is 0 Å². The molecule has 1 aliphatic carbocycles. The molecule has 301 valence electrons. The molecule has 4 heteroatoms. The largest absolute Gasteiger partial charge is 0.333 e. The van der Waals surface area contributed by atoms with E-state index in [1.807, 2.05) is 42.5 Å². The summed E-state index contributed by atoms with van der Waals surface area (Å²) in [5.74, 6) is 2.97. The summed E-state index contributed by atoms with van der Waals surface area (Å²) in [6.07, 6.45) is 6.79. The quantitative estimate of drug-likeness (QED) is 0.118. The minimum Gasteiger partial charge on any atom is -0.333 e. The zero-order valence-electron chi connectivity index (χ0n) is 34.9. The molecule has 0 bridgehead atoms. The van der Waals surface area contributed by atoms with E-state index < -0.39 is 0 Å². The molecule has 2 aromatic heterocycles. The Labute approximate surface area is 368 Å². The van der Waals surface area contributed by atoms with Crippen LogP contribution in [-0.4, -0.2) is 14.5 Å². The van der Waals surface area contributed by atoms with Gasteiger partial charge in [-0.05, 0) is 101 Å². The maximum absolute atomic E-state index is 5.31. The Balaban J connectivity index is 0.000000329. The van der Waals surface area contributed by atoms with Gasteiger partial charge in [-0.1, -0.05) is 142 Å². The normalized spacial score (nSPS) is 15.2. The van der Waals surface area contributed by atoms with Crippen molar-refractivity contribution in [1.82, 2.24) is 14.5 Å². The topological polar surface area (TPSA) is 30.7 Å². The Hall–Kier alpha value is -5.67. The van der Waals surface area contributed by atoms with Gasteiger partial charge in [0.1, 0.15) is 0 Å². The Kier molecular flexibility index (Phi) is 12.5. The van der Waals surface area contributed by atoms with Crippen molar-refractivity contribution in [3.8, 4) is 28.3 Å². The van der Waals surface area contributed by atoms with Gasteiger partial charge in [-0.3, -0.25) is 4.98 Å². The average molecular weight is 958 g/mol. The summed E-state index contributed by atoms with van der Waals surface area (Å²) < 4.78 is 2.45. The molecular weight excluding hydrogens is 907 g/mol. The second-order valence-corrected chi connectivity index (χ2v) is 16.7. The van der Waals surface area contributed by atoms with Crippen molar-refractivity contribution in [3.05, 3.63) is 198 Å². The first-order valence-electron chi connectivity index (χ1n) is 21.3. The van der Waals surface area contributed by atoms with Crippen molar-refractivity contribution in [2.75, 3.05) is 0 Å². The summed E-state index contributed by atoms with van der Waals surface area (Å²) in [6, 6.07) is 62.9. The number of para-hydroxylation sites is 2. The third-order valence-corrected chi connectivity index (χ3v) is 12.3. The van der Waals surface area contributed by atoms with Crippen LogP contribution in [0, 0.1) is 12.1 Å². The van der Waals surface area contributed by atoms with Gasteiger partial charge in [-0.15, -0.1) is 65.0 Å². The van der Waals surface area contributed by atoms with Crippen molar-refractivity contribution < 1.29 is 20.1 Å². The van der Waals surface area contributed by atoms with Crippen molar-refractivity contribution in [3.63, 3.8) is 0 Å². The fourth-order valence-electron chi connectivity index (χ4n) is 9.15. The SMILES string of the molecule is CC(C)c1cc(C2CCC(c3ccccc3)CC2)cc(C(C)C)c1-n1c(-c2[c-]cc3c(ccc4ccccc43)c2)nc2ccccc21.[Ir].[c-]1ccccc1-c1ccccn1. The molecule has 0 spiro atoms. The number of benzene rings is 7. The molecule has 1 saturated carbocycles. The first kappa shape index (κ1) is 41.1. The summed E-state index contributed by atoms with van der Waals surface area (Å²) in [4.78, 5) is 9.53. The van der Waals surface area contributed by atoms with Gasteiger partial charge in [0.15, 0.2) is 0 Å². The molecule has 60 heavy (non-hydrogen) atoms. The molecule has 10 rings (SSSR count). The molecule has 9 aromatic rings. The van der Waals surface area contributed by atoms with Gasteiger partial charge in [0.05, 0.1) is 16.9 Å². The number of rotatable bonds is 7. The molecular formula is C56H51IrN3-2. The van der Waals surface area contributed by atoms with Gasteiger partial charge in [0, 0.05) is 32.0 Å². The van der Waals surface area contributed by atoms with E-state index in [1.165, 1.54) is 75.2 Å².